The molecule has 0 heterocycles. The first-order valence-corrected chi connectivity index (χ1v) is 12.7. The van der Waals surface area contributed by atoms with Crippen molar-refractivity contribution in [2.24, 2.45) is 35.0 Å². The molecular weight excluding hydrogens is 416 g/mol. The van der Waals surface area contributed by atoms with Crippen molar-refractivity contribution < 1.29 is 24.2 Å². The molecule has 5 heteroatoms. The zero-order valence-electron chi connectivity index (χ0n) is 21.2. The molecule has 3 aliphatic rings. The highest BCUT2D eigenvalue weighted by atomic mass is 16.5. The summed E-state index contributed by atoms with van der Waals surface area (Å²) in [4.78, 5) is 37.6. The van der Waals surface area contributed by atoms with Crippen LogP contribution in [-0.2, 0) is 19.1 Å². The van der Waals surface area contributed by atoms with Crippen molar-refractivity contribution in [2.75, 3.05) is 0 Å². The number of hydrogen-bond acceptors (Lipinski definition) is 5. The summed E-state index contributed by atoms with van der Waals surface area (Å²) in [6, 6.07) is 0. The standard InChI is InChI=1S/C28H42O5/c1-17(2)18(3)7-8-19(4)22-9-10-23-21(24(29)12-13-27(22,23)5)16-26(31)33-20-11-14-28(6,32)25(30)15-20/h7-8,16-20,22-23,32H,9-15H2,1-6H3/b8-7+,21-16-/t18?,19?,20?,22?,23?,27-,28?/m1/s1. The summed E-state index contributed by atoms with van der Waals surface area (Å²) >= 11 is 0. The van der Waals surface area contributed by atoms with E-state index in [0.717, 1.165) is 19.3 Å². The van der Waals surface area contributed by atoms with Crippen LogP contribution < -0.4 is 0 Å². The first kappa shape index (κ1) is 25.9. The maximum atomic E-state index is 12.8. The van der Waals surface area contributed by atoms with E-state index in [1.807, 2.05) is 0 Å². The van der Waals surface area contributed by atoms with Gasteiger partial charge in [0, 0.05) is 24.5 Å². The molecule has 3 aliphatic carbocycles. The molecule has 3 rings (SSSR count). The third-order valence-electron chi connectivity index (χ3n) is 8.93. The van der Waals surface area contributed by atoms with Gasteiger partial charge in [0.25, 0.3) is 0 Å². The van der Waals surface area contributed by atoms with E-state index in [1.165, 1.54) is 13.0 Å². The summed E-state index contributed by atoms with van der Waals surface area (Å²) in [7, 11) is 0. The zero-order valence-corrected chi connectivity index (χ0v) is 21.2. The Morgan fingerprint density at radius 1 is 1.06 bits per heavy atom. The van der Waals surface area contributed by atoms with Crippen LogP contribution in [0.4, 0.5) is 0 Å². The Kier molecular flexibility index (Phi) is 7.72. The van der Waals surface area contributed by atoms with E-state index in [0.29, 0.717) is 42.1 Å². The average molecular weight is 459 g/mol. The SMILES string of the molecule is CC(C)C(C)/C=C/C(C)C1CCC2/C(=C/C(=O)OC3CCC(C)(O)C(=O)C3)C(=O)CC[C@@]21C. The highest BCUT2D eigenvalue weighted by molar-refractivity contribution is 6.02. The Morgan fingerprint density at radius 3 is 2.39 bits per heavy atom. The molecule has 0 saturated heterocycles. The molecule has 33 heavy (non-hydrogen) atoms. The highest BCUT2D eigenvalue weighted by Gasteiger charge is 2.52. The number of rotatable bonds is 6. The number of hydrogen-bond donors (Lipinski definition) is 1. The van der Waals surface area contributed by atoms with Gasteiger partial charge < -0.3 is 9.84 Å². The van der Waals surface area contributed by atoms with Crippen molar-refractivity contribution in [3.05, 3.63) is 23.8 Å². The van der Waals surface area contributed by atoms with Crippen LogP contribution in [0.25, 0.3) is 0 Å². The third-order valence-corrected chi connectivity index (χ3v) is 8.93. The van der Waals surface area contributed by atoms with Crippen LogP contribution >= 0.6 is 0 Å². The van der Waals surface area contributed by atoms with E-state index >= 15 is 0 Å². The Labute approximate surface area is 199 Å². The fourth-order valence-corrected chi connectivity index (χ4v) is 6.14. The first-order chi connectivity index (χ1) is 15.3. The predicted molar refractivity (Wildman–Crippen MR) is 128 cm³/mol. The molecule has 6 unspecified atom stereocenters. The van der Waals surface area contributed by atoms with Gasteiger partial charge in [0.15, 0.2) is 11.6 Å². The summed E-state index contributed by atoms with van der Waals surface area (Å²) < 4.78 is 5.54. The molecule has 0 aromatic heterocycles. The summed E-state index contributed by atoms with van der Waals surface area (Å²) in [6.07, 6.45) is 9.60. The number of aliphatic hydroxyl groups is 1. The van der Waals surface area contributed by atoms with Gasteiger partial charge >= 0.3 is 5.97 Å². The van der Waals surface area contributed by atoms with E-state index in [1.54, 1.807) is 0 Å². The molecule has 0 aliphatic heterocycles. The highest BCUT2D eigenvalue weighted by Crippen LogP contribution is 2.58. The van der Waals surface area contributed by atoms with Gasteiger partial charge in [-0.15, -0.1) is 0 Å². The summed E-state index contributed by atoms with van der Waals surface area (Å²) in [5, 5.41) is 10.0. The van der Waals surface area contributed by atoms with Gasteiger partial charge in [-0.1, -0.05) is 46.8 Å². The molecule has 3 fully saturated rings. The monoisotopic (exact) mass is 458 g/mol. The van der Waals surface area contributed by atoms with Crippen LogP contribution in [0.2, 0.25) is 0 Å². The van der Waals surface area contributed by atoms with Gasteiger partial charge in [0.05, 0.1) is 0 Å². The van der Waals surface area contributed by atoms with E-state index < -0.39 is 17.7 Å². The number of carbonyl (C=O) groups excluding carboxylic acids is 3. The lowest BCUT2D eigenvalue weighted by atomic mass is 9.61. The van der Waals surface area contributed by atoms with Crippen molar-refractivity contribution in [3.8, 4) is 0 Å². The summed E-state index contributed by atoms with van der Waals surface area (Å²) in [6.45, 7) is 12.8. The first-order valence-electron chi connectivity index (χ1n) is 12.7. The largest absolute Gasteiger partial charge is 0.459 e. The van der Waals surface area contributed by atoms with Crippen LogP contribution in [0.15, 0.2) is 23.8 Å². The minimum atomic E-state index is -1.33. The van der Waals surface area contributed by atoms with E-state index in [4.69, 9.17) is 4.74 Å². The van der Waals surface area contributed by atoms with Gasteiger partial charge in [-0.25, -0.2) is 4.79 Å². The quantitative estimate of drug-likeness (QED) is 0.336. The molecule has 7 atom stereocenters. The maximum Gasteiger partial charge on any atom is 0.331 e. The van der Waals surface area contributed by atoms with Crippen molar-refractivity contribution in [2.45, 2.75) is 98.2 Å². The second kappa shape index (κ2) is 9.85. The van der Waals surface area contributed by atoms with Gasteiger partial charge in [-0.05, 0) is 74.0 Å². The Morgan fingerprint density at radius 2 is 1.76 bits per heavy atom. The molecule has 0 amide bonds. The molecule has 0 radical (unpaired) electrons. The third kappa shape index (κ3) is 5.50. The molecule has 0 aromatic carbocycles. The Hall–Kier alpha value is -1.75. The maximum absolute atomic E-state index is 12.8. The fraction of sp³-hybridized carbons (Fsp3) is 0.750. The number of fused-ring (bicyclic) bond motifs is 1. The second-order valence-electron chi connectivity index (χ2n) is 11.6. The number of carbonyl (C=O) groups is 3. The van der Waals surface area contributed by atoms with E-state index in [-0.39, 0.29) is 35.7 Å². The lowest BCUT2D eigenvalue weighted by Gasteiger charge is -2.43. The van der Waals surface area contributed by atoms with Crippen LogP contribution in [0.1, 0.15) is 86.5 Å². The minimum Gasteiger partial charge on any atom is -0.459 e. The van der Waals surface area contributed by atoms with E-state index in [2.05, 4.69) is 46.8 Å². The van der Waals surface area contributed by atoms with Crippen LogP contribution in [0.5, 0.6) is 0 Å². The van der Waals surface area contributed by atoms with Gasteiger partial charge in [0.2, 0.25) is 0 Å². The molecule has 1 N–H and O–H groups in total. The van der Waals surface area contributed by atoms with Crippen LogP contribution in [-0.4, -0.2) is 34.3 Å². The number of Topliss-reactive ketones (excluding diaryl/α,β-unsaturated/α-hetero) is 2. The van der Waals surface area contributed by atoms with Crippen LogP contribution in [0.3, 0.4) is 0 Å². The predicted octanol–water partition coefficient (Wildman–Crippen LogP) is 5.21. The number of allylic oxidation sites excluding steroid dienone is 3. The van der Waals surface area contributed by atoms with Crippen LogP contribution in [0, 0.1) is 35.0 Å². The lowest BCUT2D eigenvalue weighted by molar-refractivity contribution is -0.154. The Balaban J connectivity index is 1.71. The normalized spacial score (nSPS) is 38.1. The second-order valence-corrected chi connectivity index (χ2v) is 11.6. The number of ketones is 2. The van der Waals surface area contributed by atoms with Gasteiger partial charge in [-0.3, -0.25) is 9.59 Å². The summed E-state index contributed by atoms with van der Waals surface area (Å²) in [5.41, 5.74) is -0.735. The Bertz CT molecular complexity index is 835. The van der Waals surface area contributed by atoms with Crippen molar-refractivity contribution >= 4 is 17.5 Å². The van der Waals surface area contributed by atoms with Crippen molar-refractivity contribution in [3.63, 3.8) is 0 Å². The van der Waals surface area contributed by atoms with Crippen molar-refractivity contribution in [1.82, 2.24) is 0 Å². The summed E-state index contributed by atoms with van der Waals surface area (Å²) in [5.74, 6) is 1.33. The number of ether oxygens (including phenoxy) is 1. The zero-order chi connectivity index (χ0) is 24.6. The molecule has 0 aromatic rings. The molecule has 5 nitrogen and oxygen atoms in total. The lowest BCUT2D eigenvalue weighted by Crippen LogP contribution is -2.43. The van der Waals surface area contributed by atoms with E-state index in [9.17, 15) is 19.5 Å². The molecule has 0 spiro atoms. The number of esters is 1. The molecular formula is C28H42O5. The van der Waals surface area contributed by atoms with Gasteiger partial charge in [0.1, 0.15) is 11.7 Å². The fourth-order valence-electron chi connectivity index (χ4n) is 6.14. The minimum absolute atomic E-state index is 0.00957. The molecule has 0 bridgehead atoms. The topological polar surface area (TPSA) is 80.7 Å². The average Bonchev–Trinajstić information content (AvgIpc) is 3.08. The molecule has 184 valence electrons. The molecule has 3 saturated carbocycles. The van der Waals surface area contributed by atoms with Gasteiger partial charge in [-0.2, -0.15) is 0 Å². The smallest absolute Gasteiger partial charge is 0.331 e. The van der Waals surface area contributed by atoms with Crippen molar-refractivity contribution in [1.29, 1.82) is 0 Å².